The maximum atomic E-state index is 5.81. The molecular formula is C15H19ClN4S. The molecule has 0 bridgehead atoms. The molecule has 0 amide bonds. The quantitative estimate of drug-likeness (QED) is 0.653. The third-order valence-electron chi connectivity index (χ3n) is 3.30. The van der Waals surface area contributed by atoms with Gasteiger partial charge in [-0.15, -0.1) is 0 Å². The molecule has 1 aromatic carbocycles. The van der Waals surface area contributed by atoms with Crippen LogP contribution in [0.25, 0.3) is 0 Å². The SMILES string of the molecule is Cc1cccc(NC(=S)NCCCn2cc(Cl)cn2)c1C. The Morgan fingerprint density at radius 2 is 2.19 bits per heavy atom. The number of benzene rings is 1. The topological polar surface area (TPSA) is 41.9 Å². The predicted molar refractivity (Wildman–Crippen MR) is 92.0 cm³/mol. The zero-order valence-electron chi connectivity index (χ0n) is 12.2. The highest BCUT2D eigenvalue weighted by atomic mass is 35.5. The first-order chi connectivity index (χ1) is 10.1. The molecule has 0 aliphatic rings. The average Bonchev–Trinajstić information content (AvgIpc) is 2.86. The van der Waals surface area contributed by atoms with Crippen molar-refractivity contribution in [3.05, 3.63) is 46.7 Å². The van der Waals surface area contributed by atoms with Crippen molar-refractivity contribution in [3.8, 4) is 0 Å². The van der Waals surface area contributed by atoms with Gasteiger partial charge in [-0.1, -0.05) is 23.7 Å². The summed E-state index contributed by atoms with van der Waals surface area (Å²) < 4.78 is 1.82. The van der Waals surface area contributed by atoms with E-state index in [9.17, 15) is 0 Å². The molecule has 0 saturated heterocycles. The van der Waals surface area contributed by atoms with E-state index >= 15 is 0 Å². The summed E-state index contributed by atoms with van der Waals surface area (Å²) in [5.74, 6) is 0. The van der Waals surface area contributed by atoms with Crippen LogP contribution in [0.1, 0.15) is 17.5 Å². The highest BCUT2D eigenvalue weighted by Gasteiger charge is 2.02. The van der Waals surface area contributed by atoms with Crippen molar-refractivity contribution in [1.82, 2.24) is 15.1 Å². The van der Waals surface area contributed by atoms with Crippen LogP contribution in [0.15, 0.2) is 30.6 Å². The Balaban J connectivity index is 1.73. The molecule has 21 heavy (non-hydrogen) atoms. The summed E-state index contributed by atoms with van der Waals surface area (Å²) in [6.07, 6.45) is 4.38. The van der Waals surface area contributed by atoms with Crippen LogP contribution in [0.3, 0.4) is 0 Å². The van der Waals surface area contributed by atoms with Gasteiger partial charge in [0.1, 0.15) is 0 Å². The van der Waals surface area contributed by atoms with E-state index in [-0.39, 0.29) is 0 Å². The fraction of sp³-hybridized carbons (Fsp3) is 0.333. The highest BCUT2D eigenvalue weighted by molar-refractivity contribution is 7.80. The summed E-state index contributed by atoms with van der Waals surface area (Å²) in [4.78, 5) is 0. The lowest BCUT2D eigenvalue weighted by Gasteiger charge is -2.13. The monoisotopic (exact) mass is 322 g/mol. The predicted octanol–water partition coefficient (Wildman–Crippen LogP) is 3.53. The Kier molecular flexibility index (Phi) is 5.59. The molecule has 0 radical (unpaired) electrons. The number of aromatic nitrogens is 2. The Morgan fingerprint density at radius 1 is 1.38 bits per heavy atom. The Labute approximate surface area is 135 Å². The first kappa shape index (κ1) is 15.8. The molecule has 0 saturated carbocycles. The van der Waals surface area contributed by atoms with Crippen LogP contribution in [0.2, 0.25) is 5.02 Å². The third-order valence-corrected chi connectivity index (χ3v) is 3.75. The fourth-order valence-electron chi connectivity index (χ4n) is 1.96. The van der Waals surface area contributed by atoms with Crippen LogP contribution in [0.5, 0.6) is 0 Å². The standard InChI is InChI=1S/C15H19ClN4S/c1-11-5-3-6-14(12(11)2)19-15(21)17-7-4-8-20-10-13(16)9-18-20/h3,5-6,9-10H,4,7-8H2,1-2H3,(H2,17,19,21). The van der Waals surface area contributed by atoms with Gasteiger partial charge in [-0.25, -0.2) is 0 Å². The van der Waals surface area contributed by atoms with Gasteiger partial charge in [-0.05, 0) is 49.7 Å². The van der Waals surface area contributed by atoms with Crippen molar-refractivity contribution in [2.24, 2.45) is 0 Å². The number of nitrogens with one attached hydrogen (secondary N) is 2. The second kappa shape index (κ2) is 7.43. The first-order valence-corrected chi connectivity index (χ1v) is 7.64. The Bertz CT molecular complexity index is 624. The minimum atomic E-state index is 0.641. The largest absolute Gasteiger partial charge is 0.362 e. The molecule has 4 nitrogen and oxygen atoms in total. The maximum absolute atomic E-state index is 5.81. The number of aryl methyl sites for hydroxylation is 2. The molecule has 0 unspecified atom stereocenters. The number of hydrogen-bond acceptors (Lipinski definition) is 2. The molecule has 2 N–H and O–H groups in total. The van der Waals surface area contributed by atoms with Crippen molar-refractivity contribution in [2.45, 2.75) is 26.8 Å². The minimum absolute atomic E-state index is 0.641. The average molecular weight is 323 g/mol. The summed E-state index contributed by atoms with van der Waals surface area (Å²) in [6.45, 7) is 5.77. The lowest BCUT2D eigenvalue weighted by molar-refractivity contribution is 0.574. The first-order valence-electron chi connectivity index (χ1n) is 6.85. The number of anilines is 1. The van der Waals surface area contributed by atoms with Gasteiger partial charge in [0.05, 0.1) is 11.2 Å². The number of thiocarbonyl (C=S) groups is 1. The van der Waals surface area contributed by atoms with Gasteiger partial charge in [-0.3, -0.25) is 4.68 Å². The van der Waals surface area contributed by atoms with Crippen LogP contribution in [0.4, 0.5) is 5.69 Å². The second-order valence-electron chi connectivity index (χ2n) is 4.90. The molecule has 2 rings (SSSR count). The van der Waals surface area contributed by atoms with E-state index in [0.29, 0.717) is 10.1 Å². The number of nitrogens with zero attached hydrogens (tertiary/aromatic N) is 2. The van der Waals surface area contributed by atoms with E-state index in [2.05, 4.69) is 35.6 Å². The van der Waals surface area contributed by atoms with E-state index in [1.54, 1.807) is 6.20 Å². The maximum Gasteiger partial charge on any atom is 0.170 e. The summed E-state index contributed by atoms with van der Waals surface area (Å²) in [5.41, 5.74) is 3.51. The van der Waals surface area contributed by atoms with Crippen LogP contribution >= 0.6 is 23.8 Å². The molecule has 0 fully saturated rings. The molecule has 0 aliphatic heterocycles. The zero-order valence-corrected chi connectivity index (χ0v) is 13.8. The minimum Gasteiger partial charge on any atom is -0.362 e. The van der Waals surface area contributed by atoms with E-state index in [1.807, 2.05) is 23.0 Å². The van der Waals surface area contributed by atoms with E-state index < -0.39 is 0 Å². The summed E-state index contributed by atoms with van der Waals surface area (Å²) >= 11 is 11.1. The summed E-state index contributed by atoms with van der Waals surface area (Å²) in [6, 6.07) is 6.14. The third kappa shape index (κ3) is 4.72. The van der Waals surface area contributed by atoms with E-state index in [1.165, 1.54) is 11.1 Å². The van der Waals surface area contributed by atoms with Gasteiger partial charge in [0.25, 0.3) is 0 Å². The van der Waals surface area contributed by atoms with Crippen molar-refractivity contribution >= 4 is 34.6 Å². The molecule has 2 aromatic rings. The van der Waals surface area contributed by atoms with Crippen LogP contribution < -0.4 is 10.6 Å². The van der Waals surface area contributed by atoms with Crippen LogP contribution in [-0.4, -0.2) is 21.4 Å². The van der Waals surface area contributed by atoms with Gasteiger partial charge < -0.3 is 10.6 Å². The smallest absolute Gasteiger partial charge is 0.170 e. The molecular weight excluding hydrogens is 304 g/mol. The van der Waals surface area contributed by atoms with Crippen LogP contribution in [-0.2, 0) is 6.54 Å². The highest BCUT2D eigenvalue weighted by Crippen LogP contribution is 2.17. The summed E-state index contributed by atoms with van der Waals surface area (Å²) in [7, 11) is 0. The molecule has 6 heteroatoms. The fourth-order valence-corrected chi connectivity index (χ4v) is 2.32. The van der Waals surface area contributed by atoms with E-state index in [4.69, 9.17) is 23.8 Å². The number of halogens is 1. The normalized spacial score (nSPS) is 10.4. The van der Waals surface area contributed by atoms with Gasteiger partial charge in [0.2, 0.25) is 0 Å². The molecule has 112 valence electrons. The van der Waals surface area contributed by atoms with Crippen LogP contribution in [0, 0.1) is 13.8 Å². The van der Waals surface area contributed by atoms with E-state index in [0.717, 1.165) is 25.2 Å². The molecule has 1 heterocycles. The Hall–Kier alpha value is -1.59. The Morgan fingerprint density at radius 3 is 2.90 bits per heavy atom. The molecule has 0 aliphatic carbocycles. The zero-order chi connectivity index (χ0) is 15.2. The lowest BCUT2D eigenvalue weighted by Crippen LogP contribution is -2.30. The van der Waals surface area contributed by atoms with Gasteiger partial charge >= 0.3 is 0 Å². The van der Waals surface area contributed by atoms with Gasteiger partial charge in [-0.2, -0.15) is 5.10 Å². The van der Waals surface area contributed by atoms with Crippen molar-refractivity contribution in [3.63, 3.8) is 0 Å². The number of hydrogen-bond donors (Lipinski definition) is 2. The van der Waals surface area contributed by atoms with Gasteiger partial charge in [0.15, 0.2) is 5.11 Å². The van der Waals surface area contributed by atoms with Crippen molar-refractivity contribution in [2.75, 3.05) is 11.9 Å². The van der Waals surface area contributed by atoms with Crippen molar-refractivity contribution < 1.29 is 0 Å². The van der Waals surface area contributed by atoms with Gasteiger partial charge in [0, 0.05) is 25.0 Å². The molecule has 0 spiro atoms. The molecule has 1 aromatic heterocycles. The summed E-state index contributed by atoms with van der Waals surface area (Å²) in [5, 5.41) is 11.9. The van der Waals surface area contributed by atoms with Crippen molar-refractivity contribution in [1.29, 1.82) is 0 Å². The second-order valence-corrected chi connectivity index (χ2v) is 5.75. The molecule has 0 atom stereocenters. The lowest BCUT2D eigenvalue weighted by atomic mass is 10.1. The number of rotatable bonds is 5.